The number of rotatable bonds is 4. The maximum atomic E-state index is 5.57. The molecule has 0 spiro atoms. The zero-order valence-electron chi connectivity index (χ0n) is 9.92. The first kappa shape index (κ1) is 11.5. The Morgan fingerprint density at radius 2 is 2.24 bits per heavy atom. The third-order valence-electron chi connectivity index (χ3n) is 2.61. The van der Waals surface area contributed by atoms with E-state index in [0.717, 1.165) is 23.4 Å². The minimum atomic E-state index is 0.306. The summed E-state index contributed by atoms with van der Waals surface area (Å²) >= 11 is 0. The van der Waals surface area contributed by atoms with E-state index >= 15 is 0 Å². The molecule has 0 aliphatic carbocycles. The molecule has 0 aliphatic heterocycles. The van der Waals surface area contributed by atoms with Crippen molar-refractivity contribution in [1.29, 1.82) is 0 Å². The first-order valence-corrected chi connectivity index (χ1v) is 5.44. The quantitative estimate of drug-likeness (QED) is 0.840. The molecular weight excluding hydrogens is 218 g/mol. The summed E-state index contributed by atoms with van der Waals surface area (Å²) in [6.07, 6.45) is 0.886. The lowest BCUT2D eigenvalue weighted by Gasteiger charge is -2.09. The highest BCUT2D eigenvalue weighted by atomic mass is 16.5. The molecule has 2 N–H and O–H groups in total. The fraction of sp³-hybridized carbons (Fsp3) is 0.364. The van der Waals surface area contributed by atoms with Gasteiger partial charge in [-0.1, -0.05) is 6.92 Å². The highest BCUT2D eigenvalue weighted by Crippen LogP contribution is 2.22. The van der Waals surface area contributed by atoms with Crippen molar-refractivity contribution in [2.45, 2.75) is 19.9 Å². The highest BCUT2D eigenvalue weighted by molar-refractivity contribution is 5.44. The Kier molecular flexibility index (Phi) is 3.34. The smallest absolute Gasteiger partial charge is 0.170 e. The largest absolute Gasteiger partial charge is 0.496 e. The van der Waals surface area contributed by atoms with Crippen molar-refractivity contribution in [1.82, 2.24) is 20.2 Å². The van der Waals surface area contributed by atoms with Crippen molar-refractivity contribution < 1.29 is 4.74 Å². The molecule has 0 radical (unpaired) electrons. The van der Waals surface area contributed by atoms with Gasteiger partial charge < -0.3 is 10.5 Å². The number of tetrazole rings is 1. The summed E-state index contributed by atoms with van der Waals surface area (Å²) in [5.74, 6) is 1.51. The lowest BCUT2D eigenvalue weighted by Crippen LogP contribution is -2.08. The fourth-order valence-corrected chi connectivity index (χ4v) is 1.71. The van der Waals surface area contributed by atoms with Crippen molar-refractivity contribution in [3.8, 4) is 11.4 Å². The SMILES string of the molecule is CCc1cc(-n2nnnc2CN)ccc1OC. The van der Waals surface area contributed by atoms with E-state index in [0.29, 0.717) is 12.4 Å². The molecule has 1 heterocycles. The van der Waals surface area contributed by atoms with Gasteiger partial charge in [0.1, 0.15) is 5.75 Å². The third-order valence-corrected chi connectivity index (χ3v) is 2.61. The Morgan fingerprint density at radius 3 is 2.88 bits per heavy atom. The van der Waals surface area contributed by atoms with Crippen LogP contribution in [0.15, 0.2) is 18.2 Å². The zero-order chi connectivity index (χ0) is 12.3. The van der Waals surface area contributed by atoms with Gasteiger partial charge in [-0.15, -0.1) is 5.10 Å². The monoisotopic (exact) mass is 233 g/mol. The molecule has 6 heteroatoms. The second-order valence-electron chi connectivity index (χ2n) is 3.56. The van der Waals surface area contributed by atoms with Gasteiger partial charge in [-0.05, 0) is 40.6 Å². The summed E-state index contributed by atoms with van der Waals surface area (Å²) in [6.45, 7) is 2.38. The van der Waals surface area contributed by atoms with Gasteiger partial charge in [-0.25, -0.2) is 0 Å². The molecule has 17 heavy (non-hydrogen) atoms. The number of hydrogen-bond donors (Lipinski definition) is 1. The number of nitrogens with zero attached hydrogens (tertiary/aromatic N) is 4. The topological polar surface area (TPSA) is 78.9 Å². The molecule has 0 bridgehead atoms. The van der Waals surface area contributed by atoms with Crippen LogP contribution in [0.3, 0.4) is 0 Å². The van der Waals surface area contributed by atoms with E-state index in [9.17, 15) is 0 Å². The molecule has 1 aromatic heterocycles. The predicted molar refractivity (Wildman–Crippen MR) is 63.0 cm³/mol. The summed E-state index contributed by atoms with van der Waals surface area (Å²) < 4.78 is 6.92. The summed E-state index contributed by atoms with van der Waals surface area (Å²) in [5.41, 5.74) is 7.58. The Labute approximate surface area is 99.4 Å². The van der Waals surface area contributed by atoms with Crippen molar-refractivity contribution in [2.75, 3.05) is 7.11 Å². The van der Waals surface area contributed by atoms with Crippen LogP contribution in [0.4, 0.5) is 0 Å². The number of aromatic nitrogens is 4. The second kappa shape index (κ2) is 4.92. The van der Waals surface area contributed by atoms with Gasteiger partial charge in [-0.3, -0.25) is 0 Å². The summed E-state index contributed by atoms with van der Waals surface area (Å²) in [6, 6.07) is 5.83. The Morgan fingerprint density at radius 1 is 1.41 bits per heavy atom. The van der Waals surface area contributed by atoms with E-state index in [1.54, 1.807) is 11.8 Å². The van der Waals surface area contributed by atoms with Gasteiger partial charge in [-0.2, -0.15) is 4.68 Å². The van der Waals surface area contributed by atoms with E-state index in [2.05, 4.69) is 22.4 Å². The molecule has 0 atom stereocenters. The predicted octanol–water partition coefficient (Wildman–Crippen LogP) is 0.692. The maximum Gasteiger partial charge on any atom is 0.170 e. The van der Waals surface area contributed by atoms with Gasteiger partial charge >= 0.3 is 0 Å². The first-order chi connectivity index (χ1) is 8.30. The molecule has 0 saturated carbocycles. The van der Waals surface area contributed by atoms with Crippen LogP contribution in [-0.4, -0.2) is 27.3 Å². The summed E-state index contributed by atoms with van der Waals surface area (Å²) in [7, 11) is 1.66. The molecule has 2 rings (SSSR count). The second-order valence-corrected chi connectivity index (χ2v) is 3.56. The van der Waals surface area contributed by atoms with E-state index in [-0.39, 0.29) is 0 Å². The van der Waals surface area contributed by atoms with Crippen molar-refractivity contribution in [2.24, 2.45) is 5.73 Å². The van der Waals surface area contributed by atoms with Crippen LogP contribution in [0.1, 0.15) is 18.3 Å². The van der Waals surface area contributed by atoms with Gasteiger partial charge in [0.05, 0.1) is 19.3 Å². The van der Waals surface area contributed by atoms with Crippen LogP contribution in [0.2, 0.25) is 0 Å². The molecular formula is C11H15N5O. The van der Waals surface area contributed by atoms with Crippen molar-refractivity contribution in [3.05, 3.63) is 29.6 Å². The molecule has 0 fully saturated rings. The molecule has 2 aromatic rings. The lowest BCUT2D eigenvalue weighted by molar-refractivity contribution is 0.410. The Bertz CT molecular complexity index is 508. The molecule has 0 unspecified atom stereocenters. The van der Waals surface area contributed by atoms with Crippen LogP contribution in [0, 0.1) is 0 Å². The van der Waals surface area contributed by atoms with Crippen molar-refractivity contribution in [3.63, 3.8) is 0 Å². The van der Waals surface area contributed by atoms with E-state index in [1.807, 2.05) is 18.2 Å². The number of nitrogens with two attached hydrogens (primary N) is 1. The van der Waals surface area contributed by atoms with Crippen LogP contribution >= 0.6 is 0 Å². The van der Waals surface area contributed by atoms with Crippen LogP contribution < -0.4 is 10.5 Å². The van der Waals surface area contributed by atoms with Crippen LogP contribution in [-0.2, 0) is 13.0 Å². The standard InChI is InChI=1S/C11H15N5O/c1-3-8-6-9(4-5-10(8)17-2)16-11(7-12)13-14-15-16/h4-6H,3,7,12H2,1-2H3. The number of aryl methyl sites for hydroxylation is 1. The van der Waals surface area contributed by atoms with E-state index in [1.165, 1.54) is 0 Å². The molecule has 0 amide bonds. The Balaban J connectivity index is 2.46. The van der Waals surface area contributed by atoms with Gasteiger partial charge in [0.25, 0.3) is 0 Å². The average molecular weight is 233 g/mol. The molecule has 0 aliphatic rings. The molecule has 0 saturated heterocycles. The maximum absolute atomic E-state index is 5.57. The van der Waals surface area contributed by atoms with E-state index in [4.69, 9.17) is 10.5 Å². The lowest BCUT2D eigenvalue weighted by atomic mass is 10.1. The highest BCUT2D eigenvalue weighted by Gasteiger charge is 2.09. The normalized spacial score (nSPS) is 10.5. The molecule has 6 nitrogen and oxygen atoms in total. The number of hydrogen-bond acceptors (Lipinski definition) is 5. The molecule has 1 aromatic carbocycles. The minimum absolute atomic E-state index is 0.306. The third kappa shape index (κ3) is 2.12. The average Bonchev–Trinajstić information content (AvgIpc) is 2.86. The van der Waals surface area contributed by atoms with Crippen LogP contribution in [0.5, 0.6) is 5.75 Å². The van der Waals surface area contributed by atoms with Gasteiger partial charge in [0.2, 0.25) is 0 Å². The van der Waals surface area contributed by atoms with Crippen molar-refractivity contribution >= 4 is 0 Å². The zero-order valence-corrected chi connectivity index (χ0v) is 9.92. The number of benzene rings is 1. The van der Waals surface area contributed by atoms with Gasteiger partial charge in [0.15, 0.2) is 5.82 Å². The summed E-state index contributed by atoms with van der Waals surface area (Å²) in [4.78, 5) is 0. The van der Waals surface area contributed by atoms with Gasteiger partial charge in [0, 0.05) is 0 Å². The van der Waals surface area contributed by atoms with Crippen LogP contribution in [0.25, 0.3) is 5.69 Å². The first-order valence-electron chi connectivity index (χ1n) is 5.44. The summed E-state index contributed by atoms with van der Waals surface area (Å²) in [5, 5.41) is 11.4. The minimum Gasteiger partial charge on any atom is -0.496 e. The van der Waals surface area contributed by atoms with E-state index < -0.39 is 0 Å². The molecule has 90 valence electrons. The number of methoxy groups -OCH3 is 1. The fourth-order valence-electron chi connectivity index (χ4n) is 1.71. The number of ether oxygens (including phenoxy) is 1. The Hall–Kier alpha value is -1.95.